The third kappa shape index (κ3) is 3.03. The minimum absolute atomic E-state index is 0.772. The van der Waals surface area contributed by atoms with E-state index < -0.39 is 0 Å². The summed E-state index contributed by atoms with van der Waals surface area (Å²) in [5.41, 5.74) is 1.50. The number of likely N-dealkylation sites (N-methyl/N-ethyl adjacent to an activating group) is 1. The number of nitrogens with one attached hydrogen (secondary N) is 1. The lowest BCUT2D eigenvalue weighted by molar-refractivity contribution is 0.254. The van der Waals surface area contributed by atoms with Gasteiger partial charge < -0.3 is 5.32 Å². The van der Waals surface area contributed by atoms with E-state index >= 15 is 0 Å². The molecule has 1 aromatic heterocycles. The Balaban J connectivity index is 1.78. The summed E-state index contributed by atoms with van der Waals surface area (Å²) >= 11 is 1.80. The third-order valence-electron chi connectivity index (χ3n) is 3.21. The van der Waals surface area contributed by atoms with Gasteiger partial charge in [0.25, 0.3) is 0 Å². The van der Waals surface area contributed by atoms with Gasteiger partial charge in [-0.1, -0.05) is 0 Å². The summed E-state index contributed by atoms with van der Waals surface area (Å²) in [6, 6.07) is 3.02. The molecule has 0 aliphatic carbocycles. The standard InChI is InChI=1S/C12H20N2S/c1-13-9-12-3-2-6-14(12)7-4-11-5-8-15-10-11/h5,8,10,12-13H,2-4,6-7,9H2,1H3. The average Bonchev–Trinajstić information content (AvgIpc) is 2.85. The maximum Gasteiger partial charge on any atom is 0.0221 e. The van der Waals surface area contributed by atoms with Gasteiger partial charge in [0.1, 0.15) is 0 Å². The Hall–Kier alpha value is -0.380. The zero-order valence-electron chi connectivity index (χ0n) is 9.41. The molecule has 1 atom stereocenters. The third-order valence-corrected chi connectivity index (χ3v) is 3.94. The van der Waals surface area contributed by atoms with Crippen LogP contribution in [0.25, 0.3) is 0 Å². The molecule has 0 radical (unpaired) electrons. The topological polar surface area (TPSA) is 15.3 Å². The van der Waals surface area contributed by atoms with Crippen LogP contribution in [0.4, 0.5) is 0 Å². The van der Waals surface area contributed by atoms with Gasteiger partial charge in [-0.3, -0.25) is 4.90 Å². The highest BCUT2D eigenvalue weighted by atomic mass is 32.1. The first-order chi connectivity index (χ1) is 7.40. The smallest absolute Gasteiger partial charge is 0.0221 e. The highest BCUT2D eigenvalue weighted by Crippen LogP contribution is 2.17. The molecule has 1 N–H and O–H groups in total. The Kier molecular flexibility index (Phi) is 4.18. The molecule has 1 saturated heterocycles. The lowest BCUT2D eigenvalue weighted by atomic mass is 10.2. The molecule has 1 aliphatic heterocycles. The van der Waals surface area contributed by atoms with Gasteiger partial charge >= 0.3 is 0 Å². The molecule has 84 valence electrons. The predicted octanol–water partition coefficient (Wildman–Crippen LogP) is 1.97. The van der Waals surface area contributed by atoms with E-state index in [-0.39, 0.29) is 0 Å². The highest BCUT2D eigenvalue weighted by Gasteiger charge is 2.22. The van der Waals surface area contributed by atoms with Crippen LogP contribution in [0.5, 0.6) is 0 Å². The Labute approximate surface area is 96.3 Å². The lowest BCUT2D eigenvalue weighted by Crippen LogP contribution is -2.37. The summed E-state index contributed by atoms with van der Waals surface area (Å²) in [6.07, 6.45) is 3.95. The zero-order chi connectivity index (χ0) is 10.5. The molecule has 0 spiro atoms. The fourth-order valence-corrected chi connectivity index (χ4v) is 3.07. The first-order valence-electron chi connectivity index (χ1n) is 5.80. The van der Waals surface area contributed by atoms with Crippen molar-refractivity contribution in [1.29, 1.82) is 0 Å². The fourth-order valence-electron chi connectivity index (χ4n) is 2.36. The van der Waals surface area contributed by atoms with Crippen molar-refractivity contribution in [2.24, 2.45) is 0 Å². The van der Waals surface area contributed by atoms with Crippen molar-refractivity contribution in [2.75, 3.05) is 26.7 Å². The fraction of sp³-hybridized carbons (Fsp3) is 0.667. The molecule has 0 saturated carbocycles. The molecule has 1 aliphatic rings. The maximum absolute atomic E-state index is 3.29. The molecular weight excluding hydrogens is 204 g/mol. The first-order valence-corrected chi connectivity index (χ1v) is 6.74. The minimum Gasteiger partial charge on any atom is -0.318 e. The van der Waals surface area contributed by atoms with E-state index in [1.54, 1.807) is 11.3 Å². The summed E-state index contributed by atoms with van der Waals surface area (Å²) in [6.45, 7) is 3.66. The van der Waals surface area contributed by atoms with E-state index in [1.807, 2.05) is 0 Å². The number of nitrogens with zero attached hydrogens (tertiary/aromatic N) is 1. The van der Waals surface area contributed by atoms with E-state index in [0.29, 0.717) is 0 Å². The molecule has 15 heavy (non-hydrogen) atoms. The molecule has 0 bridgehead atoms. The molecule has 0 amide bonds. The van der Waals surface area contributed by atoms with Crippen molar-refractivity contribution in [3.8, 4) is 0 Å². The van der Waals surface area contributed by atoms with Gasteiger partial charge in [-0.05, 0) is 55.2 Å². The molecule has 2 heterocycles. The molecule has 2 rings (SSSR count). The lowest BCUT2D eigenvalue weighted by Gasteiger charge is -2.23. The van der Waals surface area contributed by atoms with E-state index in [1.165, 1.54) is 37.9 Å². The van der Waals surface area contributed by atoms with Crippen molar-refractivity contribution < 1.29 is 0 Å². The maximum atomic E-state index is 3.29. The second kappa shape index (κ2) is 5.64. The highest BCUT2D eigenvalue weighted by molar-refractivity contribution is 7.07. The Morgan fingerprint density at radius 1 is 1.60 bits per heavy atom. The molecule has 1 aromatic rings. The summed E-state index contributed by atoms with van der Waals surface area (Å²) in [7, 11) is 2.05. The average molecular weight is 224 g/mol. The van der Waals surface area contributed by atoms with Crippen molar-refractivity contribution in [3.05, 3.63) is 22.4 Å². The van der Waals surface area contributed by atoms with Gasteiger partial charge in [0.15, 0.2) is 0 Å². The summed E-state index contributed by atoms with van der Waals surface area (Å²) in [5.74, 6) is 0. The van der Waals surface area contributed by atoms with Crippen molar-refractivity contribution >= 4 is 11.3 Å². The molecule has 1 fully saturated rings. The second-order valence-electron chi connectivity index (χ2n) is 4.27. The monoisotopic (exact) mass is 224 g/mol. The zero-order valence-corrected chi connectivity index (χ0v) is 10.2. The SMILES string of the molecule is CNCC1CCCN1CCc1ccsc1. The van der Waals surface area contributed by atoms with Crippen LogP contribution >= 0.6 is 11.3 Å². The number of likely N-dealkylation sites (tertiary alicyclic amines) is 1. The van der Waals surface area contributed by atoms with Crippen LogP contribution < -0.4 is 5.32 Å². The van der Waals surface area contributed by atoms with Crippen molar-refractivity contribution in [2.45, 2.75) is 25.3 Å². The van der Waals surface area contributed by atoms with Crippen LogP contribution in [0.2, 0.25) is 0 Å². The first kappa shape index (κ1) is 11.1. The normalized spacial score (nSPS) is 22.3. The summed E-state index contributed by atoms with van der Waals surface area (Å²) < 4.78 is 0. The van der Waals surface area contributed by atoms with Crippen molar-refractivity contribution in [3.63, 3.8) is 0 Å². The van der Waals surface area contributed by atoms with Gasteiger partial charge in [0.05, 0.1) is 0 Å². The van der Waals surface area contributed by atoms with Gasteiger partial charge in [-0.25, -0.2) is 0 Å². The van der Waals surface area contributed by atoms with Gasteiger partial charge in [0.2, 0.25) is 0 Å². The molecule has 3 heteroatoms. The number of rotatable bonds is 5. The molecular formula is C12H20N2S. The quantitative estimate of drug-likeness (QED) is 0.822. The van der Waals surface area contributed by atoms with Crippen LogP contribution in [0.1, 0.15) is 18.4 Å². The molecule has 1 unspecified atom stereocenters. The van der Waals surface area contributed by atoms with Crippen LogP contribution in [-0.2, 0) is 6.42 Å². The predicted molar refractivity (Wildman–Crippen MR) is 66.5 cm³/mol. The Morgan fingerprint density at radius 3 is 3.27 bits per heavy atom. The summed E-state index contributed by atoms with van der Waals surface area (Å²) in [4.78, 5) is 2.63. The molecule has 2 nitrogen and oxygen atoms in total. The van der Waals surface area contributed by atoms with E-state index in [9.17, 15) is 0 Å². The van der Waals surface area contributed by atoms with Crippen LogP contribution in [0.3, 0.4) is 0 Å². The number of hydrogen-bond donors (Lipinski definition) is 1. The van der Waals surface area contributed by atoms with Gasteiger partial charge in [0, 0.05) is 19.1 Å². The number of thiophene rings is 1. The van der Waals surface area contributed by atoms with Crippen LogP contribution in [-0.4, -0.2) is 37.6 Å². The van der Waals surface area contributed by atoms with E-state index in [0.717, 1.165) is 12.6 Å². The van der Waals surface area contributed by atoms with E-state index in [4.69, 9.17) is 0 Å². The van der Waals surface area contributed by atoms with Crippen molar-refractivity contribution in [1.82, 2.24) is 10.2 Å². The number of hydrogen-bond acceptors (Lipinski definition) is 3. The Morgan fingerprint density at radius 2 is 2.53 bits per heavy atom. The van der Waals surface area contributed by atoms with Crippen LogP contribution in [0, 0.1) is 0 Å². The van der Waals surface area contributed by atoms with Gasteiger partial charge in [-0.2, -0.15) is 11.3 Å². The summed E-state index contributed by atoms with van der Waals surface area (Å²) in [5, 5.41) is 7.73. The minimum atomic E-state index is 0.772. The van der Waals surface area contributed by atoms with Gasteiger partial charge in [-0.15, -0.1) is 0 Å². The van der Waals surface area contributed by atoms with Crippen LogP contribution in [0.15, 0.2) is 16.8 Å². The molecule has 0 aromatic carbocycles. The second-order valence-corrected chi connectivity index (χ2v) is 5.05. The Bertz CT molecular complexity index is 271. The largest absolute Gasteiger partial charge is 0.318 e. The van der Waals surface area contributed by atoms with E-state index in [2.05, 4.69) is 34.1 Å².